The van der Waals surface area contributed by atoms with Gasteiger partial charge in [0.25, 0.3) is 0 Å². The molecule has 0 amide bonds. The highest BCUT2D eigenvalue weighted by molar-refractivity contribution is 9.10. The Hall–Kier alpha value is -0.810. The third-order valence-electron chi connectivity index (χ3n) is 2.54. The fraction of sp³-hybridized carbons (Fsp3) is 0. The SMILES string of the molecule is Clc1cccc(Cl)c1Nc1nc2cc(Br)ccc2s1. The number of fused-ring (bicyclic) bond motifs is 1. The van der Waals surface area contributed by atoms with E-state index in [-0.39, 0.29) is 0 Å². The topological polar surface area (TPSA) is 24.9 Å². The van der Waals surface area contributed by atoms with Crippen molar-refractivity contribution < 1.29 is 0 Å². The lowest BCUT2D eigenvalue weighted by Gasteiger charge is -2.06. The maximum atomic E-state index is 6.13. The fourth-order valence-electron chi connectivity index (χ4n) is 1.68. The Bertz CT molecular complexity index is 737. The van der Waals surface area contributed by atoms with Crippen LogP contribution in [0.1, 0.15) is 0 Å². The van der Waals surface area contributed by atoms with E-state index in [1.807, 2.05) is 24.3 Å². The van der Waals surface area contributed by atoms with Gasteiger partial charge in [0.1, 0.15) is 0 Å². The molecule has 0 radical (unpaired) electrons. The zero-order valence-corrected chi connectivity index (χ0v) is 13.4. The lowest BCUT2D eigenvalue weighted by atomic mass is 10.3. The second-order valence-corrected chi connectivity index (χ2v) is 6.61. The number of anilines is 2. The lowest BCUT2D eigenvalue weighted by molar-refractivity contribution is 1.44. The predicted octanol–water partition coefficient (Wildman–Crippen LogP) is 6.11. The third kappa shape index (κ3) is 2.72. The van der Waals surface area contributed by atoms with Crippen molar-refractivity contribution in [1.82, 2.24) is 4.98 Å². The minimum Gasteiger partial charge on any atom is -0.329 e. The van der Waals surface area contributed by atoms with Crippen LogP contribution in [0.3, 0.4) is 0 Å². The van der Waals surface area contributed by atoms with Gasteiger partial charge < -0.3 is 5.32 Å². The summed E-state index contributed by atoms with van der Waals surface area (Å²) >= 11 is 17.2. The molecule has 0 unspecified atom stereocenters. The molecule has 2 aromatic carbocycles. The molecular formula is C13H7BrCl2N2S. The molecule has 0 atom stereocenters. The van der Waals surface area contributed by atoms with Crippen LogP contribution in [0, 0.1) is 0 Å². The molecule has 19 heavy (non-hydrogen) atoms. The highest BCUT2D eigenvalue weighted by atomic mass is 79.9. The summed E-state index contributed by atoms with van der Waals surface area (Å²) in [4.78, 5) is 4.51. The Balaban J connectivity index is 2.01. The standard InChI is InChI=1S/C13H7BrCl2N2S/c14-7-4-5-11-10(6-7)17-13(19-11)18-12-8(15)2-1-3-9(12)16/h1-6H,(H,17,18). The zero-order valence-electron chi connectivity index (χ0n) is 9.45. The van der Waals surface area contributed by atoms with Crippen LogP contribution in [0.2, 0.25) is 10.0 Å². The molecule has 1 N–H and O–H groups in total. The largest absolute Gasteiger partial charge is 0.329 e. The quantitative estimate of drug-likeness (QED) is 0.586. The van der Waals surface area contributed by atoms with Crippen molar-refractivity contribution in [3.05, 3.63) is 50.9 Å². The normalized spacial score (nSPS) is 10.9. The van der Waals surface area contributed by atoms with Gasteiger partial charge in [-0.05, 0) is 30.3 Å². The molecule has 96 valence electrons. The van der Waals surface area contributed by atoms with Crippen molar-refractivity contribution in [3.8, 4) is 0 Å². The van der Waals surface area contributed by atoms with E-state index < -0.39 is 0 Å². The van der Waals surface area contributed by atoms with E-state index in [9.17, 15) is 0 Å². The molecule has 1 aromatic heterocycles. The number of nitrogens with one attached hydrogen (secondary N) is 1. The Morgan fingerprint density at radius 2 is 1.84 bits per heavy atom. The van der Waals surface area contributed by atoms with E-state index in [1.165, 1.54) is 0 Å². The number of hydrogen-bond acceptors (Lipinski definition) is 3. The van der Waals surface area contributed by atoms with Crippen LogP contribution in [0.25, 0.3) is 10.2 Å². The molecule has 3 rings (SSSR count). The van der Waals surface area contributed by atoms with Crippen LogP contribution in [0.15, 0.2) is 40.9 Å². The molecule has 0 aliphatic rings. The van der Waals surface area contributed by atoms with Crippen molar-refractivity contribution in [3.63, 3.8) is 0 Å². The van der Waals surface area contributed by atoms with E-state index in [0.717, 1.165) is 19.8 Å². The smallest absolute Gasteiger partial charge is 0.188 e. The Morgan fingerprint density at radius 1 is 1.11 bits per heavy atom. The van der Waals surface area contributed by atoms with Crippen LogP contribution in [-0.4, -0.2) is 4.98 Å². The summed E-state index contributed by atoms with van der Waals surface area (Å²) in [5.41, 5.74) is 1.62. The minimum atomic E-state index is 0.577. The second kappa shape index (κ2) is 5.29. The summed E-state index contributed by atoms with van der Waals surface area (Å²) < 4.78 is 2.11. The maximum absolute atomic E-state index is 6.13. The number of para-hydroxylation sites is 1. The van der Waals surface area contributed by atoms with Gasteiger partial charge in [0.2, 0.25) is 0 Å². The molecule has 2 nitrogen and oxygen atoms in total. The molecule has 0 bridgehead atoms. The molecule has 1 heterocycles. The summed E-state index contributed by atoms with van der Waals surface area (Å²) in [5.74, 6) is 0. The highest BCUT2D eigenvalue weighted by Gasteiger charge is 2.09. The molecular weight excluding hydrogens is 367 g/mol. The van der Waals surface area contributed by atoms with Gasteiger partial charge in [-0.2, -0.15) is 0 Å². The number of hydrogen-bond donors (Lipinski definition) is 1. The Morgan fingerprint density at radius 3 is 2.58 bits per heavy atom. The zero-order chi connectivity index (χ0) is 13.4. The first kappa shape index (κ1) is 13.2. The molecule has 0 aliphatic heterocycles. The van der Waals surface area contributed by atoms with Crippen LogP contribution < -0.4 is 5.32 Å². The minimum absolute atomic E-state index is 0.577. The van der Waals surface area contributed by atoms with Gasteiger partial charge >= 0.3 is 0 Å². The van der Waals surface area contributed by atoms with Crippen molar-refractivity contribution in [2.24, 2.45) is 0 Å². The van der Waals surface area contributed by atoms with Crippen molar-refractivity contribution in [2.45, 2.75) is 0 Å². The third-order valence-corrected chi connectivity index (χ3v) is 4.62. The number of aromatic nitrogens is 1. The number of benzene rings is 2. The summed E-state index contributed by atoms with van der Waals surface area (Å²) in [6, 6.07) is 11.4. The van der Waals surface area contributed by atoms with Gasteiger partial charge in [0, 0.05) is 4.47 Å². The number of nitrogens with zero attached hydrogens (tertiary/aromatic N) is 1. The maximum Gasteiger partial charge on any atom is 0.188 e. The summed E-state index contributed by atoms with van der Waals surface area (Å²) in [6.45, 7) is 0. The van der Waals surface area contributed by atoms with Crippen LogP contribution in [0.4, 0.5) is 10.8 Å². The van der Waals surface area contributed by atoms with E-state index >= 15 is 0 Å². The summed E-state index contributed by atoms with van der Waals surface area (Å²) in [5, 5.41) is 5.10. The van der Waals surface area contributed by atoms with Gasteiger partial charge in [-0.25, -0.2) is 4.98 Å². The summed E-state index contributed by atoms with van der Waals surface area (Å²) in [6.07, 6.45) is 0. The van der Waals surface area contributed by atoms with Gasteiger partial charge in [-0.1, -0.05) is 56.5 Å². The second-order valence-electron chi connectivity index (χ2n) is 3.85. The monoisotopic (exact) mass is 372 g/mol. The molecule has 0 saturated heterocycles. The Kier molecular flexibility index (Phi) is 3.67. The first-order valence-electron chi connectivity index (χ1n) is 5.40. The molecule has 0 spiro atoms. The van der Waals surface area contributed by atoms with Gasteiger partial charge in [0.05, 0.1) is 25.9 Å². The van der Waals surface area contributed by atoms with Crippen molar-refractivity contribution in [1.29, 1.82) is 0 Å². The Labute approximate surface area is 132 Å². The predicted molar refractivity (Wildman–Crippen MR) is 87.1 cm³/mol. The van der Waals surface area contributed by atoms with E-state index in [4.69, 9.17) is 23.2 Å². The van der Waals surface area contributed by atoms with Crippen LogP contribution in [-0.2, 0) is 0 Å². The van der Waals surface area contributed by atoms with E-state index in [1.54, 1.807) is 23.5 Å². The van der Waals surface area contributed by atoms with Crippen LogP contribution in [0.5, 0.6) is 0 Å². The first-order chi connectivity index (χ1) is 9.13. The molecule has 0 fully saturated rings. The molecule has 0 aliphatic carbocycles. The lowest BCUT2D eigenvalue weighted by Crippen LogP contribution is -1.91. The highest BCUT2D eigenvalue weighted by Crippen LogP contribution is 2.35. The fourth-order valence-corrected chi connectivity index (χ4v) is 3.37. The van der Waals surface area contributed by atoms with Gasteiger partial charge in [-0.15, -0.1) is 0 Å². The number of halogens is 3. The first-order valence-corrected chi connectivity index (χ1v) is 7.77. The van der Waals surface area contributed by atoms with E-state index in [0.29, 0.717) is 15.7 Å². The van der Waals surface area contributed by atoms with Gasteiger partial charge in [-0.3, -0.25) is 0 Å². The van der Waals surface area contributed by atoms with E-state index in [2.05, 4.69) is 26.2 Å². The number of rotatable bonds is 2. The molecule has 0 saturated carbocycles. The van der Waals surface area contributed by atoms with Gasteiger partial charge in [0.15, 0.2) is 5.13 Å². The molecule has 3 aromatic rings. The van der Waals surface area contributed by atoms with Crippen molar-refractivity contribution >= 4 is 71.5 Å². The average molecular weight is 374 g/mol. The number of thiazole rings is 1. The molecule has 6 heteroatoms. The summed E-state index contributed by atoms with van der Waals surface area (Å²) in [7, 11) is 0. The average Bonchev–Trinajstić information content (AvgIpc) is 2.75. The van der Waals surface area contributed by atoms with Crippen LogP contribution >= 0.6 is 50.5 Å². The van der Waals surface area contributed by atoms with Crippen molar-refractivity contribution in [2.75, 3.05) is 5.32 Å².